The molecule has 2 aromatic heterocycles. The number of nitrogens with zero attached hydrogens (tertiary/aromatic N) is 3. The third-order valence-corrected chi connectivity index (χ3v) is 2.40. The minimum Gasteiger partial charge on any atom is -0.422 e. The van der Waals surface area contributed by atoms with Crippen molar-refractivity contribution in [3.05, 3.63) is 51.1 Å². The molecule has 6 nitrogen and oxygen atoms in total. The van der Waals surface area contributed by atoms with E-state index in [9.17, 15) is 9.59 Å². The van der Waals surface area contributed by atoms with Crippen molar-refractivity contribution >= 4 is 21.9 Å². The van der Waals surface area contributed by atoms with Crippen LogP contribution in [0.1, 0.15) is 0 Å². The molecule has 6 heteroatoms. The summed E-state index contributed by atoms with van der Waals surface area (Å²) < 4.78 is 5.05. The minimum absolute atomic E-state index is 0.131. The Hall–Kier alpha value is -2.63. The summed E-state index contributed by atoms with van der Waals surface area (Å²) in [6, 6.07) is 6.82. The number of hydrogen-bond donors (Lipinski definition) is 0. The fraction of sp³-hybridized carbons (Fsp3) is 0. The topological polar surface area (TPSA) is 86.0 Å². The van der Waals surface area contributed by atoms with Crippen molar-refractivity contribution in [3.8, 4) is 0 Å². The van der Waals surface area contributed by atoms with Crippen molar-refractivity contribution < 1.29 is 4.42 Å². The van der Waals surface area contributed by atoms with E-state index < -0.39 is 11.1 Å². The Kier molecular flexibility index (Phi) is 1.94. The van der Waals surface area contributed by atoms with E-state index in [-0.39, 0.29) is 10.9 Å². The molecule has 82 valence electrons. The first-order chi connectivity index (χ1) is 8.27. The molecule has 17 heavy (non-hydrogen) atoms. The van der Waals surface area contributed by atoms with Crippen LogP contribution in [-0.4, -0.2) is 15.4 Å². The van der Waals surface area contributed by atoms with Gasteiger partial charge in [0.25, 0.3) is 0 Å². The Morgan fingerprint density at radius 3 is 2.82 bits per heavy atom. The van der Waals surface area contributed by atoms with Crippen LogP contribution in [0, 0.1) is 0 Å². The minimum atomic E-state index is -0.726. The van der Waals surface area contributed by atoms with E-state index in [2.05, 4.69) is 15.4 Å². The smallest absolute Gasteiger partial charge is 0.349 e. The molecule has 0 fully saturated rings. The maximum Gasteiger partial charge on any atom is 0.349 e. The number of rotatable bonds is 0. The van der Waals surface area contributed by atoms with Gasteiger partial charge in [-0.25, -0.2) is 4.79 Å². The van der Waals surface area contributed by atoms with Gasteiger partial charge in [0.05, 0.1) is 6.20 Å². The zero-order valence-corrected chi connectivity index (χ0v) is 8.45. The molecule has 0 aliphatic heterocycles. The molecular formula is C11H5N3O3. The van der Waals surface area contributed by atoms with Crippen LogP contribution in [0.4, 0.5) is 0 Å². The SMILES string of the molecule is O=c1cnnnc2c1c(=O)oc1ccccc12. The van der Waals surface area contributed by atoms with Crippen molar-refractivity contribution in [2.24, 2.45) is 0 Å². The van der Waals surface area contributed by atoms with Crippen LogP contribution in [-0.2, 0) is 0 Å². The lowest BCUT2D eigenvalue weighted by Gasteiger charge is -1.96. The normalized spacial score (nSPS) is 10.8. The van der Waals surface area contributed by atoms with Crippen molar-refractivity contribution in [2.75, 3.05) is 0 Å². The van der Waals surface area contributed by atoms with Gasteiger partial charge in [0.1, 0.15) is 16.5 Å². The van der Waals surface area contributed by atoms with E-state index in [1.807, 2.05) is 0 Å². The molecule has 0 bridgehead atoms. The Morgan fingerprint density at radius 2 is 1.94 bits per heavy atom. The van der Waals surface area contributed by atoms with Crippen LogP contribution in [0.3, 0.4) is 0 Å². The Bertz CT molecular complexity index is 842. The highest BCUT2D eigenvalue weighted by atomic mass is 16.4. The lowest BCUT2D eigenvalue weighted by Crippen LogP contribution is -2.10. The zero-order chi connectivity index (χ0) is 11.8. The molecule has 0 N–H and O–H groups in total. The first-order valence-electron chi connectivity index (χ1n) is 4.81. The summed E-state index contributed by atoms with van der Waals surface area (Å²) in [5, 5.41) is 11.1. The molecule has 0 spiro atoms. The van der Waals surface area contributed by atoms with Crippen LogP contribution in [0.5, 0.6) is 0 Å². The number of aromatic nitrogens is 3. The molecular weight excluding hydrogens is 222 g/mol. The molecule has 0 atom stereocenters. The highest BCUT2D eigenvalue weighted by Gasteiger charge is 2.10. The Labute approximate surface area is 93.5 Å². The molecule has 0 aliphatic rings. The highest BCUT2D eigenvalue weighted by molar-refractivity contribution is 6.00. The second-order valence-electron chi connectivity index (χ2n) is 3.41. The van der Waals surface area contributed by atoms with Crippen molar-refractivity contribution in [1.82, 2.24) is 15.4 Å². The summed E-state index contributed by atoms with van der Waals surface area (Å²) in [5.74, 6) is 0. The van der Waals surface area contributed by atoms with Gasteiger partial charge in [-0.15, -0.1) is 10.2 Å². The number of fused-ring (bicyclic) bond motifs is 3. The monoisotopic (exact) mass is 227 g/mol. The first kappa shape index (κ1) is 9.59. The molecule has 0 radical (unpaired) electrons. The highest BCUT2D eigenvalue weighted by Crippen LogP contribution is 2.17. The summed E-state index contributed by atoms with van der Waals surface area (Å²) in [4.78, 5) is 23.3. The lowest BCUT2D eigenvalue weighted by molar-refractivity contribution is 0.569. The summed E-state index contributed by atoms with van der Waals surface area (Å²) in [5.41, 5.74) is -0.704. The second-order valence-corrected chi connectivity index (χ2v) is 3.41. The van der Waals surface area contributed by atoms with Gasteiger partial charge in [-0.1, -0.05) is 12.1 Å². The third-order valence-electron chi connectivity index (χ3n) is 2.40. The average molecular weight is 227 g/mol. The van der Waals surface area contributed by atoms with E-state index in [4.69, 9.17) is 4.42 Å². The maximum atomic E-state index is 11.7. The molecule has 0 amide bonds. The number of benzene rings is 1. The van der Waals surface area contributed by atoms with E-state index >= 15 is 0 Å². The summed E-state index contributed by atoms with van der Waals surface area (Å²) in [6.45, 7) is 0. The molecule has 0 saturated carbocycles. The second kappa shape index (κ2) is 3.44. The van der Waals surface area contributed by atoms with Crippen molar-refractivity contribution in [2.45, 2.75) is 0 Å². The number of hydrogen-bond acceptors (Lipinski definition) is 6. The van der Waals surface area contributed by atoms with Gasteiger partial charge in [-0.3, -0.25) is 4.79 Å². The van der Waals surface area contributed by atoms with Gasteiger partial charge in [0, 0.05) is 5.39 Å². The summed E-state index contributed by atoms with van der Waals surface area (Å²) in [6.07, 6.45) is 0.945. The molecule has 2 heterocycles. The van der Waals surface area contributed by atoms with Crippen molar-refractivity contribution in [1.29, 1.82) is 0 Å². The molecule has 0 aliphatic carbocycles. The van der Waals surface area contributed by atoms with Gasteiger partial charge in [0.2, 0.25) is 5.43 Å². The van der Waals surface area contributed by atoms with E-state index in [1.165, 1.54) is 0 Å². The van der Waals surface area contributed by atoms with Crippen molar-refractivity contribution in [3.63, 3.8) is 0 Å². The van der Waals surface area contributed by atoms with Crippen LogP contribution < -0.4 is 11.1 Å². The Balaban J connectivity index is 2.79. The Morgan fingerprint density at radius 1 is 1.12 bits per heavy atom. The fourth-order valence-electron chi connectivity index (χ4n) is 1.67. The predicted octanol–water partition coefficient (Wildman–Crippen LogP) is 0.491. The average Bonchev–Trinajstić information content (AvgIpc) is 2.52. The number of para-hydroxylation sites is 1. The fourth-order valence-corrected chi connectivity index (χ4v) is 1.67. The molecule has 0 saturated heterocycles. The largest absolute Gasteiger partial charge is 0.422 e. The lowest BCUT2D eigenvalue weighted by atomic mass is 10.2. The van der Waals surface area contributed by atoms with Crippen LogP contribution in [0.25, 0.3) is 21.9 Å². The van der Waals surface area contributed by atoms with Gasteiger partial charge in [0.15, 0.2) is 0 Å². The standard InChI is InChI=1S/C11H5N3O3/c15-7-5-12-14-13-10-6-3-1-2-4-8(6)17-11(16)9(7)10/h1-5H. The molecule has 1 aromatic carbocycles. The van der Waals surface area contributed by atoms with Crippen LogP contribution in [0.15, 0.2) is 44.5 Å². The molecule has 3 aromatic rings. The first-order valence-corrected chi connectivity index (χ1v) is 4.81. The van der Waals surface area contributed by atoms with Gasteiger partial charge in [-0.2, -0.15) is 0 Å². The zero-order valence-electron chi connectivity index (χ0n) is 8.45. The molecule has 3 rings (SSSR count). The van der Waals surface area contributed by atoms with E-state index in [0.29, 0.717) is 11.0 Å². The van der Waals surface area contributed by atoms with Crippen LogP contribution in [0.2, 0.25) is 0 Å². The quantitative estimate of drug-likeness (QED) is 0.519. The summed E-state index contributed by atoms with van der Waals surface area (Å²) in [7, 11) is 0. The van der Waals surface area contributed by atoms with Gasteiger partial charge in [-0.05, 0) is 17.3 Å². The third kappa shape index (κ3) is 1.38. The van der Waals surface area contributed by atoms with E-state index in [1.54, 1.807) is 24.3 Å². The van der Waals surface area contributed by atoms with Gasteiger partial charge >= 0.3 is 5.63 Å². The van der Waals surface area contributed by atoms with Crippen LogP contribution >= 0.6 is 0 Å². The maximum absolute atomic E-state index is 11.7. The predicted molar refractivity (Wildman–Crippen MR) is 59.6 cm³/mol. The molecule has 0 unspecified atom stereocenters. The summed E-state index contributed by atoms with van der Waals surface area (Å²) >= 11 is 0. The van der Waals surface area contributed by atoms with E-state index in [0.717, 1.165) is 6.20 Å². The van der Waals surface area contributed by atoms with Gasteiger partial charge < -0.3 is 4.42 Å².